The van der Waals surface area contributed by atoms with Crippen LogP contribution in [-0.4, -0.2) is 25.9 Å². The van der Waals surface area contributed by atoms with Crippen molar-refractivity contribution in [3.8, 4) is 17.1 Å². The average molecular weight is 556 g/mol. The molecule has 0 radical (unpaired) electrons. The van der Waals surface area contributed by atoms with Gasteiger partial charge in [0.1, 0.15) is 0 Å². The Morgan fingerprint density at radius 2 is 1.88 bits per heavy atom. The molecule has 0 amide bonds. The van der Waals surface area contributed by atoms with E-state index in [1.54, 1.807) is 15.5 Å². The standard InChI is InChI=1S/C17H12BrCl3N3SSe/c18-13-6-4-5-12(9-13)16-22-24-17(23(16)14-7-2-1-3-8-14)25-11-15(10-19)26(24,20)21/h1-9,11H,10H2/q+1. The maximum absolute atomic E-state index is 6.79. The maximum atomic E-state index is 6.79. The van der Waals surface area contributed by atoms with Crippen molar-refractivity contribution in [2.24, 2.45) is 0 Å². The van der Waals surface area contributed by atoms with Crippen LogP contribution in [0.2, 0.25) is 0 Å². The molecule has 0 fully saturated rings. The van der Waals surface area contributed by atoms with E-state index in [1.807, 2.05) is 60.0 Å². The zero-order chi connectivity index (χ0) is 18.3. The number of benzene rings is 2. The monoisotopic (exact) mass is 554 g/mol. The SMILES string of the molecule is ClCC1=CSc2n(nc(-c3cccc(Br)c3)[n+]2-c2ccccc2)[Se]1(Cl)Cl. The molecule has 3 nitrogen and oxygen atoms in total. The van der Waals surface area contributed by atoms with Crippen molar-refractivity contribution in [1.29, 1.82) is 0 Å². The Kier molecular flexibility index (Phi) is 5.46. The second-order valence-corrected chi connectivity index (χ2v) is 16.6. The molecule has 2 aromatic carbocycles. The van der Waals surface area contributed by atoms with Gasteiger partial charge < -0.3 is 0 Å². The number of thioether (sulfide) groups is 1. The minimum atomic E-state index is -3.21. The Balaban J connectivity index is 2.00. The van der Waals surface area contributed by atoms with Crippen molar-refractivity contribution in [3.05, 3.63) is 68.9 Å². The number of para-hydroxylation sites is 1. The predicted octanol–water partition coefficient (Wildman–Crippen LogP) is 5.62. The number of rotatable bonds is 3. The third kappa shape index (κ3) is 3.26. The van der Waals surface area contributed by atoms with E-state index in [1.165, 1.54) is 0 Å². The number of fused-ring (bicyclic) bond motifs is 1. The van der Waals surface area contributed by atoms with Gasteiger partial charge in [-0.15, -0.1) is 0 Å². The first kappa shape index (κ1) is 18.9. The summed E-state index contributed by atoms with van der Waals surface area (Å²) < 4.78 is 5.71. The van der Waals surface area contributed by atoms with Gasteiger partial charge >= 0.3 is 181 Å². The topological polar surface area (TPSA) is 21.7 Å². The van der Waals surface area contributed by atoms with E-state index in [-0.39, 0.29) is 0 Å². The van der Waals surface area contributed by atoms with Gasteiger partial charge in [0.25, 0.3) is 0 Å². The molecule has 0 atom stereocenters. The summed E-state index contributed by atoms with van der Waals surface area (Å²) in [5.41, 5.74) is 1.97. The van der Waals surface area contributed by atoms with Crippen molar-refractivity contribution in [2.45, 2.75) is 5.16 Å². The fourth-order valence-corrected chi connectivity index (χ4v) is 12.1. The Bertz CT molecular complexity index is 1010. The fourth-order valence-electron chi connectivity index (χ4n) is 2.61. The van der Waals surface area contributed by atoms with Crippen LogP contribution in [0.4, 0.5) is 0 Å². The zero-order valence-corrected chi connectivity index (χ0v) is 19.5. The molecule has 2 heterocycles. The molecule has 0 saturated heterocycles. The van der Waals surface area contributed by atoms with E-state index in [0.29, 0.717) is 5.88 Å². The number of nitrogens with zero attached hydrogens (tertiary/aromatic N) is 3. The van der Waals surface area contributed by atoms with Crippen LogP contribution in [0.5, 0.6) is 0 Å². The van der Waals surface area contributed by atoms with Crippen LogP contribution in [-0.2, 0) is 0 Å². The number of halogens is 4. The molecule has 134 valence electrons. The molecule has 1 aromatic heterocycles. The molecule has 3 aromatic rings. The van der Waals surface area contributed by atoms with E-state index in [0.717, 1.165) is 31.2 Å². The summed E-state index contributed by atoms with van der Waals surface area (Å²) in [5.74, 6) is 1.09. The van der Waals surface area contributed by atoms with Crippen LogP contribution < -0.4 is 4.57 Å². The quantitative estimate of drug-likeness (QED) is 0.238. The second-order valence-electron chi connectivity index (χ2n) is 5.44. The van der Waals surface area contributed by atoms with E-state index in [2.05, 4.69) is 20.5 Å². The number of hydrogen-bond acceptors (Lipinski definition) is 2. The normalized spacial score (nSPS) is 16.7. The molecule has 4 rings (SSSR count). The van der Waals surface area contributed by atoms with Crippen LogP contribution >= 0.6 is 59.5 Å². The first-order valence-electron chi connectivity index (χ1n) is 7.53. The van der Waals surface area contributed by atoms with Gasteiger partial charge in [0.15, 0.2) is 0 Å². The molecule has 0 aliphatic carbocycles. The Morgan fingerprint density at radius 3 is 2.58 bits per heavy atom. The first-order chi connectivity index (χ1) is 12.5. The van der Waals surface area contributed by atoms with Gasteiger partial charge in [0.2, 0.25) is 0 Å². The van der Waals surface area contributed by atoms with Crippen molar-refractivity contribution in [1.82, 2.24) is 8.80 Å². The second kappa shape index (κ2) is 7.51. The summed E-state index contributed by atoms with van der Waals surface area (Å²) in [6.07, 6.45) is 0. The van der Waals surface area contributed by atoms with E-state index in [4.69, 9.17) is 36.9 Å². The number of hydrogen-bond donors (Lipinski definition) is 0. The van der Waals surface area contributed by atoms with Crippen molar-refractivity contribution in [2.75, 3.05) is 5.88 Å². The Hall–Kier alpha value is -0.461. The van der Waals surface area contributed by atoms with Crippen LogP contribution in [0.25, 0.3) is 17.1 Å². The zero-order valence-electron chi connectivity index (χ0n) is 13.2. The van der Waals surface area contributed by atoms with Crippen LogP contribution in [0.3, 0.4) is 0 Å². The number of alkyl halides is 1. The summed E-state index contributed by atoms with van der Waals surface area (Å²) in [4.78, 5) is 0. The molecule has 0 spiro atoms. The number of allylic oxidation sites excluding steroid dienone is 1. The average Bonchev–Trinajstić information content (AvgIpc) is 3.03. The summed E-state index contributed by atoms with van der Waals surface area (Å²) in [6, 6.07) is 18.1. The van der Waals surface area contributed by atoms with Crippen LogP contribution in [0.15, 0.2) is 74.1 Å². The Morgan fingerprint density at radius 1 is 1.12 bits per heavy atom. The molecule has 1 aliphatic heterocycles. The predicted molar refractivity (Wildman–Crippen MR) is 114 cm³/mol. The molecule has 9 heteroatoms. The van der Waals surface area contributed by atoms with Crippen LogP contribution in [0.1, 0.15) is 0 Å². The van der Waals surface area contributed by atoms with Crippen molar-refractivity contribution in [3.63, 3.8) is 0 Å². The molecule has 1 aliphatic rings. The molecule has 0 N–H and O–H groups in total. The van der Waals surface area contributed by atoms with Gasteiger partial charge in [-0.2, -0.15) is 0 Å². The molecular weight excluding hydrogens is 543 g/mol. The van der Waals surface area contributed by atoms with Crippen molar-refractivity contribution >= 4 is 70.7 Å². The molecule has 0 bridgehead atoms. The molecule has 0 saturated carbocycles. The Labute approximate surface area is 180 Å². The van der Waals surface area contributed by atoms with Gasteiger partial charge in [-0.05, 0) is 0 Å². The third-order valence-corrected chi connectivity index (χ3v) is 13.3. The summed E-state index contributed by atoms with van der Waals surface area (Å²) in [7, 11) is 13.6. The van der Waals surface area contributed by atoms with E-state index < -0.39 is 11.2 Å². The number of aromatic nitrogens is 3. The van der Waals surface area contributed by atoms with E-state index in [9.17, 15) is 0 Å². The van der Waals surface area contributed by atoms with Gasteiger partial charge in [-0.3, -0.25) is 0 Å². The van der Waals surface area contributed by atoms with Gasteiger partial charge in [0.05, 0.1) is 0 Å². The van der Waals surface area contributed by atoms with Gasteiger partial charge in [0, 0.05) is 0 Å². The van der Waals surface area contributed by atoms with Gasteiger partial charge in [-0.25, -0.2) is 0 Å². The summed E-state index contributed by atoms with van der Waals surface area (Å²) in [6.45, 7) is 0. The first-order valence-corrected chi connectivity index (χ1v) is 15.9. The molecule has 0 unspecified atom stereocenters. The summed E-state index contributed by atoms with van der Waals surface area (Å²) in [5, 5.41) is 7.68. The van der Waals surface area contributed by atoms with Crippen LogP contribution in [0, 0.1) is 0 Å². The summed E-state index contributed by atoms with van der Waals surface area (Å²) >= 11 is 7.93. The van der Waals surface area contributed by atoms with Gasteiger partial charge in [-0.1, -0.05) is 0 Å². The van der Waals surface area contributed by atoms with Crippen molar-refractivity contribution < 1.29 is 4.57 Å². The third-order valence-electron chi connectivity index (χ3n) is 3.81. The molecule has 26 heavy (non-hydrogen) atoms. The molecular formula is C17H12BrCl3N3SSe+. The van der Waals surface area contributed by atoms with E-state index >= 15 is 0 Å². The minimum absolute atomic E-state index is 0.302. The fraction of sp³-hybridized carbons (Fsp3) is 0.0588.